The zero-order chi connectivity index (χ0) is 11.5. The monoisotopic (exact) mass is 228 g/mol. The third-order valence-electron chi connectivity index (χ3n) is 1.93. The summed E-state index contributed by atoms with van der Waals surface area (Å²) in [6.45, 7) is 9.69. The van der Waals surface area contributed by atoms with Crippen molar-refractivity contribution in [3.05, 3.63) is 16.1 Å². The Bertz CT molecular complexity index is 302. The largest absolute Gasteiger partial charge is 0.392 e. The van der Waals surface area contributed by atoms with E-state index in [1.807, 2.05) is 6.20 Å². The Labute approximate surface area is 95.6 Å². The van der Waals surface area contributed by atoms with Gasteiger partial charge in [-0.15, -0.1) is 11.3 Å². The Kier molecular flexibility index (Phi) is 4.25. The van der Waals surface area contributed by atoms with Crippen molar-refractivity contribution in [3.63, 3.8) is 0 Å². The van der Waals surface area contributed by atoms with E-state index >= 15 is 0 Å². The Morgan fingerprint density at radius 1 is 1.53 bits per heavy atom. The van der Waals surface area contributed by atoms with Gasteiger partial charge in [-0.2, -0.15) is 0 Å². The van der Waals surface area contributed by atoms with Crippen LogP contribution in [-0.4, -0.2) is 22.7 Å². The fourth-order valence-corrected chi connectivity index (χ4v) is 2.08. The molecule has 0 fully saturated rings. The lowest BCUT2D eigenvalue weighted by Crippen LogP contribution is -2.23. The maximum atomic E-state index is 9.09. The second kappa shape index (κ2) is 5.05. The van der Waals surface area contributed by atoms with Gasteiger partial charge in [0.2, 0.25) is 0 Å². The Morgan fingerprint density at radius 2 is 2.20 bits per heavy atom. The summed E-state index contributed by atoms with van der Waals surface area (Å²) in [7, 11) is 0. The maximum Gasteiger partial charge on any atom is 0.0981 e. The highest BCUT2D eigenvalue weighted by atomic mass is 32.1. The number of hydrogen-bond donors (Lipinski definition) is 2. The third kappa shape index (κ3) is 4.28. The van der Waals surface area contributed by atoms with E-state index in [2.05, 4.69) is 31.1 Å². The lowest BCUT2D eigenvalue weighted by atomic mass is 9.98. The van der Waals surface area contributed by atoms with Crippen LogP contribution in [0, 0.1) is 0 Å². The number of rotatable bonds is 4. The summed E-state index contributed by atoms with van der Waals surface area (Å²) in [6.07, 6.45) is 1.63. The van der Waals surface area contributed by atoms with Gasteiger partial charge in [0.05, 0.1) is 11.1 Å². The molecule has 0 unspecified atom stereocenters. The normalized spacial score (nSPS) is 14.2. The van der Waals surface area contributed by atoms with Crippen LogP contribution < -0.4 is 5.32 Å². The molecular formula is C11H20N2OS. The van der Waals surface area contributed by atoms with Crippen molar-refractivity contribution in [1.29, 1.82) is 0 Å². The molecule has 0 saturated heterocycles. The van der Waals surface area contributed by atoms with Crippen molar-refractivity contribution in [2.45, 2.75) is 45.8 Å². The second-order valence-electron chi connectivity index (χ2n) is 4.86. The molecule has 1 aromatic rings. The van der Waals surface area contributed by atoms with Crippen LogP contribution in [0.15, 0.2) is 6.20 Å². The van der Waals surface area contributed by atoms with Gasteiger partial charge in [0.1, 0.15) is 0 Å². The van der Waals surface area contributed by atoms with E-state index in [4.69, 9.17) is 5.11 Å². The molecule has 0 saturated carbocycles. The van der Waals surface area contributed by atoms with E-state index in [0.717, 1.165) is 11.6 Å². The van der Waals surface area contributed by atoms with Crippen LogP contribution in [0.3, 0.4) is 0 Å². The highest BCUT2D eigenvalue weighted by molar-refractivity contribution is 7.11. The van der Waals surface area contributed by atoms with Crippen LogP contribution >= 0.6 is 11.3 Å². The van der Waals surface area contributed by atoms with Gasteiger partial charge in [0.25, 0.3) is 0 Å². The second-order valence-corrected chi connectivity index (χ2v) is 5.98. The van der Waals surface area contributed by atoms with Crippen LogP contribution in [-0.2, 0) is 12.0 Å². The van der Waals surface area contributed by atoms with Gasteiger partial charge in [-0.05, 0) is 6.92 Å². The summed E-state index contributed by atoms with van der Waals surface area (Å²) in [6, 6.07) is 0. The van der Waals surface area contributed by atoms with Crippen LogP contribution in [0.4, 0.5) is 0 Å². The summed E-state index contributed by atoms with van der Waals surface area (Å²) >= 11 is 1.74. The number of thiazole rings is 1. The molecular weight excluding hydrogens is 208 g/mol. The average Bonchev–Trinajstić information content (AvgIpc) is 2.51. The van der Waals surface area contributed by atoms with Gasteiger partial charge in [0.15, 0.2) is 0 Å². The van der Waals surface area contributed by atoms with Gasteiger partial charge < -0.3 is 10.4 Å². The molecule has 0 aromatic carbocycles. The number of nitrogens with one attached hydrogen (secondary N) is 1. The molecule has 15 heavy (non-hydrogen) atoms. The zero-order valence-corrected chi connectivity index (χ0v) is 10.7. The molecule has 0 bridgehead atoms. The van der Waals surface area contributed by atoms with Crippen molar-refractivity contribution in [2.24, 2.45) is 0 Å². The predicted molar refractivity (Wildman–Crippen MR) is 64.2 cm³/mol. The predicted octanol–water partition coefficient (Wildman–Crippen LogP) is 1.91. The fourth-order valence-electron chi connectivity index (χ4n) is 1.14. The molecule has 4 heteroatoms. The summed E-state index contributed by atoms with van der Waals surface area (Å²) in [5, 5.41) is 13.4. The number of aromatic nitrogens is 1. The molecule has 3 nitrogen and oxygen atoms in total. The SMILES string of the molecule is C[C@H](O)CNCc1cnc(C(C)(C)C)s1. The Morgan fingerprint density at radius 3 is 2.67 bits per heavy atom. The van der Waals surface area contributed by atoms with Gasteiger partial charge in [-0.1, -0.05) is 20.8 Å². The van der Waals surface area contributed by atoms with E-state index in [0.29, 0.717) is 6.54 Å². The van der Waals surface area contributed by atoms with E-state index in [1.165, 1.54) is 4.88 Å². The highest BCUT2D eigenvalue weighted by Crippen LogP contribution is 2.26. The van der Waals surface area contributed by atoms with Gasteiger partial charge >= 0.3 is 0 Å². The molecule has 1 aromatic heterocycles. The number of aliphatic hydroxyl groups excluding tert-OH is 1. The smallest absolute Gasteiger partial charge is 0.0981 e. The molecule has 1 heterocycles. The van der Waals surface area contributed by atoms with Crippen molar-refractivity contribution in [1.82, 2.24) is 10.3 Å². The van der Waals surface area contributed by atoms with E-state index in [9.17, 15) is 0 Å². The first-order valence-electron chi connectivity index (χ1n) is 5.23. The van der Waals surface area contributed by atoms with Gasteiger partial charge in [-0.3, -0.25) is 0 Å². The standard InChI is InChI=1S/C11H20N2OS/c1-8(14)5-12-6-9-7-13-10(15-9)11(2,3)4/h7-8,12,14H,5-6H2,1-4H3/t8-/m0/s1. The van der Waals surface area contributed by atoms with Crippen molar-refractivity contribution in [3.8, 4) is 0 Å². The van der Waals surface area contributed by atoms with E-state index in [-0.39, 0.29) is 11.5 Å². The quantitative estimate of drug-likeness (QED) is 0.827. The minimum Gasteiger partial charge on any atom is -0.392 e. The Balaban J connectivity index is 2.47. The minimum absolute atomic E-state index is 0.132. The number of hydrogen-bond acceptors (Lipinski definition) is 4. The first-order valence-corrected chi connectivity index (χ1v) is 6.05. The van der Waals surface area contributed by atoms with Crippen LogP contribution in [0.2, 0.25) is 0 Å². The molecule has 2 N–H and O–H groups in total. The molecule has 0 aliphatic rings. The third-order valence-corrected chi connectivity index (χ3v) is 3.36. The minimum atomic E-state index is -0.292. The topological polar surface area (TPSA) is 45.1 Å². The molecule has 0 aliphatic carbocycles. The lowest BCUT2D eigenvalue weighted by Gasteiger charge is -2.13. The van der Waals surface area contributed by atoms with Crippen LogP contribution in [0.1, 0.15) is 37.6 Å². The first-order chi connectivity index (χ1) is 6.89. The summed E-state index contributed by atoms with van der Waals surface area (Å²) in [5.74, 6) is 0. The molecule has 1 rings (SSSR count). The van der Waals surface area contributed by atoms with Crippen LogP contribution in [0.25, 0.3) is 0 Å². The Hall–Kier alpha value is -0.450. The fraction of sp³-hybridized carbons (Fsp3) is 0.727. The van der Waals surface area contributed by atoms with Gasteiger partial charge in [-0.25, -0.2) is 4.98 Å². The summed E-state index contributed by atoms with van der Waals surface area (Å²) in [4.78, 5) is 5.62. The zero-order valence-electron chi connectivity index (χ0n) is 9.87. The summed E-state index contributed by atoms with van der Waals surface area (Å²) in [5.41, 5.74) is 0.132. The van der Waals surface area contributed by atoms with Crippen molar-refractivity contribution in [2.75, 3.05) is 6.54 Å². The van der Waals surface area contributed by atoms with Gasteiger partial charge in [0, 0.05) is 29.6 Å². The molecule has 0 radical (unpaired) electrons. The molecule has 0 spiro atoms. The molecule has 1 atom stereocenters. The lowest BCUT2D eigenvalue weighted by molar-refractivity contribution is 0.191. The van der Waals surface area contributed by atoms with Crippen LogP contribution in [0.5, 0.6) is 0 Å². The average molecular weight is 228 g/mol. The highest BCUT2D eigenvalue weighted by Gasteiger charge is 2.17. The number of aliphatic hydroxyl groups is 1. The molecule has 86 valence electrons. The van der Waals surface area contributed by atoms with Crippen molar-refractivity contribution < 1.29 is 5.11 Å². The van der Waals surface area contributed by atoms with E-state index in [1.54, 1.807) is 18.3 Å². The molecule has 0 aliphatic heterocycles. The molecule has 0 amide bonds. The summed E-state index contributed by atoms with van der Waals surface area (Å²) < 4.78 is 0. The van der Waals surface area contributed by atoms with Crippen molar-refractivity contribution >= 4 is 11.3 Å². The maximum absolute atomic E-state index is 9.09. The first kappa shape index (κ1) is 12.6. The number of nitrogens with zero attached hydrogens (tertiary/aromatic N) is 1. The van der Waals surface area contributed by atoms with E-state index < -0.39 is 0 Å².